The summed E-state index contributed by atoms with van der Waals surface area (Å²) in [5.74, 6) is 1.73. The predicted molar refractivity (Wildman–Crippen MR) is 99.0 cm³/mol. The van der Waals surface area contributed by atoms with Crippen LogP contribution >= 0.6 is 0 Å². The van der Waals surface area contributed by atoms with E-state index < -0.39 is 0 Å². The number of fused-ring (bicyclic) bond motifs is 3. The van der Waals surface area contributed by atoms with Gasteiger partial charge in [0.25, 0.3) is 5.69 Å². The maximum atomic E-state index is 11.3. The van der Waals surface area contributed by atoms with Gasteiger partial charge >= 0.3 is 0 Å². The number of ether oxygens (including phenoxy) is 2. The number of anilines is 1. The molecule has 0 spiro atoms. The molecule has 2 aliphatic rings. The summed E-state index contributed by atoms with van der Waals surface area (Å²) in [4.78, 5) is 10.9. The van der Waals surface area contributed by atoms with Gasteiger partial charge in [-0.05, 0) is 35.6 Å². The quantitative estimate of drug-likeness (QED) is 0.500. The molecule has 0 fully saturated rings. The molecule has 2 aromatic carbocycles. The van der Waals surface area contributed by atoms with Crippen LogP contribution < -0.4 is 14.8 Å². The summed E-state index contributed by atoms with van der Waals surface area (Å²) in [6.07, 6.45) is 5.23. The number of nitro groups is 1. The first-order chi connectivity index (χ1) is 12.6. The molecule has 1 heterocycles. The third-order valence-electron chi connectivity index (χ3n) is 5.30. The van der Waals surface area contributed by atoms with Gasteiger partial charge in [0, 0.05) is 12.0 Å². The Morgan fingerprint density at radius 1 is 1.19 bits per heavy atom. The van der Waals surface area contributed by atoms with Gasteiger partial charge in [0.1, 0.15) is 11.5 Å². The van der Waals surface area contributed by atoms with Crippen molar-refractivity contribution in [1.82, 2.24) is 0 Å². The molecule has 0 aromatic heterocycles. The van der Waals surface area contributed by atoms with Crippen LogP contribution in [0.1, 0.15) is 29.5 Å². The van der Waals surface area contributed by atoms with Crippen LogP contribution in [0.3, 0.4) is 0 Å². The summed E-state index contributed by atoms with van der Waals surface area (Å²) in [7, 11) is 3.20. The van der Waals surface area contributed by atoms with Gasteiger partial charge in [-0.25, -0.2) is 0 Å². The Morgan fingerprint density at radius 2 is 2.04 bits per heavy atom. The number of benzene rings is 2. The standard InChI is InChI=1S/C20H20N2O4/c1-25-14-6-3-5-12(9-14)19-16-8-4-7-15(16)17-10-13(22(23)24)11-18(26-2)20(17)21-19/h3-7,9-11,15-16,19,21H,8H2,1-2H3/t15-,16+,19+/m1/s1. The minimum Gasteiger partial charge on any atom is -0.497 e. The van der Waals surface area contributed by atoms with Gasteiger partial charge < -0.3 is 14.8 Å². The molecule has 0 saturated heterocycles. The first-order valence-corrected chi connectivity index (χ1v) is 8.56. The van der Waals surface area contributed by atoms with E-state index in [0.29, 0.717) is 11.7 Å². The highest BCUT2D eigenvalue weighted by Gasteiger charge is 2.40. The molecule has 26 heavy (non-hydrogen) atoms. The van der Waals surface area contributed by atoms with Crippen molar-refractivity contribution < 1.29 is 14.4 Å². The van der Waals surface area contributed by atoms with Crippen molar-refractivity contribution >= 4 is 11.4 Å². The van der Waals surface area contributed by atoms with E-state index in [4.69, 9.17) is 9.47 Å². The molecular weight excluding hydrogens is 332 g/mol. The van der Waals surface area contributed by atoms with Crippen LogP contribution in [0.5, 0.6) is 11.5 Å². The lowest BCUT2D eigenvalue weighted by Gasteiger charge is -2.38. The molecule has 134 valence electrons. The zero-order valence-corrected chi connectivity index (χ0v) is 14.6. The number of hydrogen-bond acceptors (Lipinski definition) is 5. The van der Waals surface area contributed by atoms with Gasteiger partial charge in [-0.3, -0.25) is 10.1 Å². The van der Waals surface area contributed by atoms with Gasteiger partial charge in [-0.15, -0.1) is 0 Å². The molecule has 6 nitrogen and oxygen atoms in total. The fraction of sp³-hybridized carbons (Fsp3) is 0.300. The molecule has 6 heteroatoms. The number of non-ortho nitro benzene ring substituents is 1. The molecule has 0 saturated carbocycles. The average molecular weight is 352 g/mol. The number of nitrogens with zero attached hydrogens (tertiary/aromatic N) is 1. The Hall–Kier alpha value is -3.02. The number of allylic oxidation sites excluding steroid dienone is 2. The third-order valence-corrected chi connectivity index (χ3v) is 5.30. The van der Waals surface area contributed by atoms with Crippen LogP contribution in [-0.4, -0.2) is 19.1 Å². The van der Waals surface area contributed by atoms with Gasteiger partial charge in [-0.1, -0.05) is 24.3 Å². The normalized spacial score (nSPS) is 22.9. The number of nitro benzene ring substituents is 1. The van der Waals surface area contributed by atoms with Crippen molar-refractivity contribution in [3.05, 3.63) is 69.8 Å². The highest BCUT2D eigenvalue weighted by Crippen LogP contribution is 2.53. The molecule has 3 atom stereocenters. The Labute approximate surface area is 151 Å². The van der Waals surface area contributed by atoms with Crippen molar-refractivity contribution in [3.63, 3.8) is 0 Å². The van der Waals surface area contributed by atoms with Crippen molar-refractivity contribution in [2.75, 3.05) is 19.5 Å². The molecule has 1 aliphatic carbocycles. The molecule has 0 unspecified atom stereocenters. The Morgan fingerprint density at radius 3 is 2.77 bits per heavy atom. The molecule has 1 aliphatic heterocycles. The second-order valence-corrected chi connectivity index (χ2v) is 6.62. The summed E-state index contributed by atoms with van der Waals surface area (Å²) >= 11 is 0. The molecule has 2 aromatic rings. The van der Waals surface area contributed by atoms with E-state index in [0.717, 1.165) is 29.0 Å². The summed E-state index contributed by atoms with van der Waals surface area (Å²) in [6, 6.07) is 11.2. The predicted octanol–water partition coefficient (Wildman–Crippen LogP) is 4.44. The third kappa shape index (κ3) is 2.58. The summed E-state index contributed by atoms with van der Waals surface area (Å²) in [5, 5.41) is 14.9. The first-order valence-electron chi connectivity index (χ1n) is 8.56. The monoisotopic (exact) mass is 352 g/mol. The first kappa shape index (κ1) is 16.4. The van der Waals surface area contributed by atoms with Crippen LogP contribution in [-0.2, 0) is 0 Å². The maximum Gasteiger partial charge on any atom is 0.273 e. The Balaban J connectivity index is 1.83. The van der Waals surface area contributed by atoms with Crippen molar-refractivity contribution in [3.8, 4) is 11.5 Å². The van der Waals surface area contributed by atoms with Crippen LogP contribution in [0.25, 0.3) is 0 Å². The number of nitrogens with one attached hydrogen (secondary N) is 1. The van der Waals surface area contributed by atoms with Gasteiger partial charge in [0.05, 0.1) is 36.9 Å². The van der Waals surface area contributed by atoms with E-state index in [9.17, 15) is 10.1 Å². The van der Waals surface area contributed by atoms with Crippen LogP contribution in [0, 0.1) is 16.0 Å². The van der Waals surface area contributed by atoms with E-state index in [1.807, 2.05) is 18.2 Å². The summed E-state index contributed by atoms with van der Waals surface area (Å²) in [6.45, 7) is 0. The topological polar surface area (TPSA) is 73.6 Å². The highest BCUT2D eigenvalue weighted by atomic mass is 16.6. The lowest BCUT2D eigenvalue weighted by atomic mass is 9.76. The minimum absolute atomic E-state index is 0.0567. The lowest BCUT2D eigenvalue weighted by Crippen LogP contribution is -2.29. The smallest absolute Gasteiger partial charge is 0.273 e. The second kappa shape index (κ2) is 6.37. The fourth-order valence-corrected chi connectivity index (χ4v) is 4.08. The van der Waals surface area contributed by atoms with E-state index >= 15 is 0 Å². The molecule has 0 bridgehead atoms. The number of hydrogen-bond donors (Lipinski definition) is 1. The van der Waals surface area contributed by atoms with Crippen molar-refractivity contribution in [2.45, 2.75) is 18.4 Å². The largest absolute Gasteiger partial charge is 0.497 e. The average Bonchev–Trinajstić information content (AvgIpc) is 3.16. The lowest BCUT2D eigenvalue weighted by molar-refractivity contribution is -0.385. The maximum absolute atomic E-state index is 11.3. The van der Waals surface area contributed by atoms with Crippen molar-refractivity contribution in [2.24, 2.45) is 5.92 Å². The zero-order chi connectivity index (χ0) is 18.3. The van der Waals surface area contributed by atoms with E-state index in [2.05, 4.69) is 23.5 Å². The van der Waals surface area contributed by atoms with Crippen molar-refractivity contribution in [1.29, 1.82) is 0 Å². The van der Waals surface area contributed by atoms with E-state index in [1.165, 1.54) is 13.2 Å². The summed E-state index contributed by atoms with van der Waals surface area (Å²) in [5.41, 5.74) is 2.95. The molecule has 4 rings (SSSR count). The van der Waals surface area contributed by atoms with Gasteiger partial charge in [0.2, 0.25) is 0 Å². The summed E-state index contributed by atoms with van der Waals surface area (Å²) < 4.78 is 10.8. The molecule has 0 amide bonds. The number of rotatable bonds is 4. The van der Waals surface area contributed by atoms with E-state index in [1.54, 1.807) is 13.2 Å². The van der Waals surface area contributed by atoms with Crippen LogP contribution in [0.15, 0.2) is 48.6 Å². The number of methoxy groups -OCH3 is 2. The van der Waals surface area contributed by atoms with Gasteiger partial charge in [0.15, 0.2) is 0 Å². The molecule has 0 radical (unpaired) electrons. The SMILES string of the molecule is COc1cccc([C@@H]2Nc3c(OC)cc([N+](=O)[O-])cc3[C@@H]3C=CC[C@@H]32)c1. The highest BCUT2D eigenvalue weighted by molar-refractivity contribution is 5.71. The second-order valence-electron chi connectivity index (χ2n) is 6.62. The van der Waals surface area contributed by atoms with Gasteiger partial charge in [-0.2, -0.15) is 0 Å². The molecular formula is C20H20N2O4. The minimum atomic E-state index is -0.370. The molecule has 1 N–H and O–H groups in total. The van der Waals surface area contributed by atoms with Crippen LogP contribution in [0.2, 0.25) is 0 Å². The fourth-order valence-electron chi connectivity index (χ4n) is 4.08. The Bertz CT molecular complexity index is 893. The zero-order valence-electron chi connectivity index (χ0n) is 14.6. The Kier molecular flexibility index (Phi) is 4.03. The van der Waals surface area contributed by atoms with E-state index in [-0.39, 0.29) is 22.6 Å². The van der Waals surface area contributed by atoms with Crippen LogP contribution in [0.4, 0.5) is 11.4 Å².